The first-order valence-electron chi connectivity index (χ1n) is 11.5. The Balaban J connectivity index is 1.36. The summed E-state index contributed by atoms with van der Waals surface area (Å²) in [6, 6.07) is 29.6. The topological polar surface area (TPSA) is 71.3 Å². The molecular formula is C30H21Cl2IN2O3. The quantitative estimate of drug-likeness (QED) is 0.112. The lowest BCUT2D eigenvalue weighted by Gasteiger charge is -2.10. The lowest BCUT2D eigenvalue weighted by Crippen LogP contribution is -2.13. The number of carbonyl (C=O) groups is 1. The third kappa shape index (κ3) is 7.75. The lowest BCUT2D eigenvalue weighted by molar-refractivity contribution is -0.112. The van der Waals surface area contributed by atoms with Crippen LogP contribution < -0.4 is 14.8 Å². The molecule has 1 amide bonds. The van der Waals surface area contributed by atoms with Gasteiger partial charge < -0.3 is 14.8 Å². The molecule has 0 saturated heterocycles. The Morgan fingerprint density at radius 3 is 2.29 bits per heavy atom. The minimum Gasteiger partial charge on any atom is -0.489 e. The van der Waals surface area contributed by atoms with Crippen molar-refractivity contribution in [2.75, 3.05) is 5.32 Å². The maximum Gasteiger partial charge on any atom is 0.266 e. The van der Waals surface area contributed by atoms with Gasteiger partial charge in [0.05, 0.1) is 13.6 Å². The highest BCUT2D eigenvalue weighted by atomic mass is 127. The zero-order chi connectivity index (χ0) is 26.9. The van der Waals surface area contributed by atoms with Crippen molar-refractivity contribution in [3.05, 3.63) is 127 Å². The summed E-state index contributed by atoms with van der Waals surface area (Å²) in [7, 11) is 0. The Labute approximate surface area is 244 Å². The molecule has 4 aromatic carbocycles. The van der Waals surface area contributed by atoms with Crippen molar-refractivity contribution in [3.63, 3.8) is 0 Å². The first kappa shape index (κ1) is 27.5. The zero-order valence-electron chi connectivity index (χ0n) is 20.0. The van der Waals surface area contributed by atoms with E-state index < -0.39 is 5.91 Å². The molecule has 4 rings (SSSR count). The van der Waals surface area contributed by atoms with Crippen LogP contribution in [0.1, 0.15) is 16.7 Å². The first-order chi connectivity index (χ1) is 18.4. The number of nitriles is 1. The maximum atomic E-state index is 12.7. The van der Waals surface area contributed by atoms with Gasteiger partial charge in [-0.25, -0.2) is 0 Å². The summed E-state index contributed by atoms with van der Waals surface area (Å²) in [5.41, 5.74) is 3.19. The van der Waals surface area contributed by atoms with E-state index in [9.17, 15) is 10.1 Å². The van der Waals surface area contributed by atoms with Gasteiger partial charge in [0.15, 0.2) is 0 Å². The molecule has 0 radical (unpaired) electrons. The van der Waals surface area contributed by atoms with Crippen LogP contribution in [0.4, 0.5) is 5.69 Å². The Morgan fingerprint density at radius 2 is 1.61 bits per heavy atom. The molecule has 0 heterocycles. The summed E-state index contributed by atoms with van der Waals surface area (Å²) >= 11 is 14.2. The predicted molar refractivity (Wildman–Crippen MR) is 159 cm³/mol. The summed E-state index contributed by atoms with van der Waals surface area (Å²) in [5.74, 6) is 0.853. The molecule has 0 spiro atoms. The Hall–Kier alpha value is -3.51. The van der Waals surface area contributed by atoms with E-state index in [0.29, 0.717) is 46.0 Å². The van der Waals surface area contributed by atoms with E-state index in [4.69, 9.17) is 32.7 Å². The molecule has 0 fully saturated rings. The number of hydrogen-bond donors (Lipinski definition) is 1. The number of nitrogens with one attached hydrogen (secondary N) is 1. The molecule has 0 atom stereocenters. The number of anilines is 1. The number of amides is 1. The summed E-state index contributed by atoms with van der Waals surface area (Å²) < 4.78 is 12.5. The maximum absolute atomic E-state index is 12.7. The SMILES string of the molecule is N#C/C(=C\c1ccc(OCc2ccc(Cl)c(Cl)c2)c(I)c1)C(=O)Nc1ccc(OCc2ccccc2)cc1. The smallest absolute Gasteiger partial charge is 0.266 e. The number of halogens is 3. The van der Waals surface area contributed by atoms with E-state index in [1.807, 2.05) is 48.5 Å². The Kier molecular flexibility index (Phi) is 9.66. The van der Waals surface area contributed by atoms with Crippen LogP contribution in [0.15, 0.2) is 96.6 Å². The van der Waals surface area contributed by atoms with Crippen LogP contribution in [0.5, 0.6) is 11.5 Å². The van der Waals surface area contributed by atoms with Crippen LogP contribution in [-0.4, -0.2) is 5.91 Å². The van der Waals surface area contributed by atoms with Crippen LogP contribution in [0.3, 0.4) is 0 Å². The number of nitrogens with zero attached hydrogens (tertiary/aromatic N) is 1. The second-order valence-corrected chi connectivity index (χ2v) is 10.1. The highest BCUT2D eigenvalue weighted by molar-refractivity contribution is 14.1. The van der Waals surface area contributed by atoms with E-state index in [1.165, 1.54) is 6.08 Å². The van der Waals surface area contributed by atoms with Gasteiger partial charge in [0.2, 0.25) is 0 Å². The van der Waals surface area contributed by atoms with E-state index >= 15 is 0 Å². The van der Waals surface area contributed by atoms with Gasteiger partial charge in [0.1, 0.15) is 36.4 Å². The van der Waals surface area contributed by atoms with Crippen LogP contribution in [-0.2, 0) is 18.0 Å². The number of carbonyl (C=O) groups excluding carboxylic acids is 1. The Bertz CT molecular complexity index is 1500. The standard InChI is InChI=1S/C30H21Cl2IN2O3/c31-26-12-6-22(15-27(26)32)19-38-29-13-7-21(16-28(29)33)14-23(17-34)30(36)35-24-8-10-25(11-9-24)37-18-20-4-2-1-3-5-20/h1-16H,18-19H2,(H,35,36)/b23-14+. The molecule has 0 bridgehead atoms. The molecule has 0 aromatic heterocycles. The van der Waals surface area contributed by atoms with Gasteiger partial charge in [-0.1, -0.05) is 65.7 Å². The van der Waals surface area contributed by atoms with Crippen molar-refractivity contribution in [1.82, 2.24) is 0 Å². The number of ether oxygens (including phenoxy) is 2. The minimum atomic E-state index is -0.500. The third-order valence-electron chi connectivity index (χ3n) is 5.37. The molecule has 4 aromatic rings. The fraction of sp³-hybridized carbons (Fsp3) is 0.0667. The minimum absolute atomic E-state index is 0.0188. The van der Waals surface area contributed by atoms with E-state index in [0.717, 1.165) is 14.7 Å². The molecule has 1 N–H and O–H groups in total. The van der Waals surface area contributed by atoms with Crippen LogP contribution in [0, 0.1) is 14.9 Å². The van der Waals surface area contributed by atoms with Crippen molar-refractivity contribution in [3.8, 4) is 17.6 Å². The van der Waals surface area contributed by atoms with Gasteiger partial charge in [0.25, 0.3) is 5.91 Å². The van der Waals surface area contributed by atoms with Crippen molar-refractivity contribution >= 4 is 63.5 Å². The van der Waals surface area contributed by atoms with E-state index in [2.05, 4.69) is 27.9 Å². The van der Waals surface area contributed by atoms with Crippen molar-refractivity contribution < 1.29 is 14.3 Å². The largest absolute Gasteiger partial charge is 0.489 e. The average Bonchev–Trinajstić information content (AvgIpc) is 2.93. The number of hydrogen-bond acceptors (Lipinski definition) is 4. The molecule has 8 heteroatoms. The summed E-state index contributed by atoms with van der Waals surface area (Å²) in [5, 5.41) is 13.3. The molecular weight excluding hydrogens is 634 g/mol. The molecule has 0 aliphatic heterocycles. The summed E-state index contributed by atoms with van der Waals surface area (Å²) in [4.78, 5) is 12.7. The van der Waals surface area contributed by atoms with Gasteiger partial charge >= 0.3 is 0 Å². The average molecular weight is 655 g/mol. The van der Waals surface area contributed by atoms with Gasteiger partial charge in [0, 0.05) is 5.69 Å². The van der Waals surface area contributed by atoms with Crippen LogP contribution >= 0.6 is 45.8 Å². The van der Waals surface area contributed by atoms with Gasteiger partial charge in [-0.05, 0) is 93.9 Å². The second-order valence-electron chi connectivity index (χ2n) is 8.15. The van der Waals surface area contributed by atoms with E-state index in [1.54, 1.807) is 48.5 Å². The fourth-order valence-corrected chi connectivity index (χ4v) is 4.42. The molecule has 0 saturated carbocycles. The molecule has 0 aliphatic carbocycles. The van der Waals surface area contributed by atoms with Gasteiger partial charge in [-0.2, -0.15) is 5.26 Å². The van der Waals surface area contributed by atoms with Crippen LogP contribution in [0.25, 0.3) is 6.08 Å². The molecule has 38 heavy (non-hydrogen) atoms. The first-order valence-corrected chi connectivity index (χ1v) is 13.3. The lowest BCUT2D eigenvalue weighted by atomic mass is 10.1. The third-order valence-corrected chi connectivity index (χ3v) is 6.95. The highest BCUT2D eigenvalue weighted by Gasteiger charge is 2.11. The van der Waals surface area contributed by atoms with Gasteiger partial charge in [-0.15, -0.1) is 0 Å². The molecule has 0 unspecified atom stereocenters. The molecule has 190 valence electrons. The second kappa shape index (κ2) is 13.3. The normalized spacial score (nSPS) is 10.9. The van der Waals surface area contributed by atoms with Crippen molar-refractivity contribution in [2.45, 2.75) is 13.2 Å². The van der Waals surface area contributed by atoms with Crippen molar-refractivity contribution in [2.24, 2.45) is 0 Å². The van der Waals surface area contributed by atoms with Gasteiger partial charge in [-0.3, -0.25) is 4.79 Å². The molecule has 0 aliphatic rings. The Morgan fingerprint density at radius 1 is 0.868 bits per heavy atom. The number of rotatable bonds is 9. The summed E-state index contributed by atoms with van der Waals surface area (Å²) in [6.45, 7) is 0.774. The van der Waals surface area contributed by atoms with Crippen molar-refractivity contribution in [1.29, 1.82) is 5.26 Å². The van der Waals surface area contributed by atoms with Crippen LogP contribution in [0.2, 0.25) is 10.0 Å². The zero-order valence-corrected chi connectivity index (χ0v) is 23.6. The van der Waals surface area contributed by atoms with E-state index in [-0.39, 0.29) is 5.57 Å². The summed E-state index contributed by atoms with van der Waals surface area (Å²) in [6.07, 6.45) is 1.54. The monoisotopic (exact) mass is 654 g/mol. The highest BCUT2D eigenvalue weighted by Crippen LogP contribution is 2.27. The number of benzene rings is 4. The molecule has 5 nitrogen and oxygen atoms in total. The fourth-order valence-electron chi connectivity index (χ4n) is 3.40. The predicted octanol–water partition coefficient (Wildman–Crippen LogP) is 8.30.